The van der Waals surface area contributed by atoms with E-state index in [9.17, 15) is 9.18 Å². The Bertz CT molecular complexity index is 837. The first-order valence-corrected chi connectivity index (χ1v) is 10.6. The van der Waals surface area contributed by atoms with Gasteiger partial charge in [-0.2, -0.15) is 0 Å². The van der Waals surface area contributed by atoms with E-state index in [0.29, 0.717) is 18.6 Å². The van der Waals surface area contributed by atoms with Gasteiger partial charge < -0.3 is 23.8 Å². The molecule has 3 heterocycles. The second kappa shape index (κ2) is 6.60. The van der Waals surface area contributed by atoms with Gasteiger partial charge in [0, 0.05) is 37.3 Å². The van der Waals surface area contributed by atoms with Crippen LogP contribution in [-0.4, -0.2) is 61.1 Å². The number of nitrogens with zero attached hydrogens (tertiary/aromatic N) is 2. The maximum atomic E-state index is 14.4. The molecule has 0 saturated carbocycles. The molecule has 6 nitrogen and oxygen atoms in total. The number of anilines is 1. The van der Waals surface area contributed by atoms with Crippen molar-refractivity contribution >= 4 is 24.4 Å². The molecule has 3 fully saturated rings. The zero-order valence-corrected chi connectivity index (χ0v) is 19.0. The number of carbonyl (C=O) groups excluding carboxylic acids is 1. The van der Waals surface area contributed by atoms with Crippen LogP contribution < -0.4 is 10.4 Å². The van der Waals surface area contributed by atoms with Crippen LogP contribution in [0, 0.1) is 11.2 Å². The van der Waals surface area contributed by atoms with Crippen molar-refractivity contribution in [2.24, 2.45) is 5.41 Å². The Kier molecular flexibility index (Phi) is 4.72. The Hall–Kier alpha value is -1.80. The van der Waals surface area contributed by atoms with Crippen molar-refractivity contribution in [3.05, 3.63) is 24.0 Å². The number of amides is 1. The molecule has 8 heteroatoms. The van der Waals surface area contributed by atoms with Gasteiger partial charge in [-0.1, -0.05) is 0 Å². The molecule has 0 aromatic heterocycles. The standard InChI is InChI=1S/C22H32BFN2O4/c1-19(2,3)28-18(27)26-13-22(14-26)11-25(12-22)17-9-15(8-16(24)10-17)23-29-20(4,5)21(6,7)30-23/h8-10H,11-14H2,1-7H3. The summed E-state index contributed by atoms with van der Waals surface area (Å²) in [5.74, 6) is -0.304. The summed E-state index contributed by atoms with van der Waals surface area (Å²) < 4.78 is 32.0. The predicted molar refractivity (Wildman–Crippen MR) is 115 cm³/mol. The Labute approximate surface area is 178 Å². The summed E-state index contributed by atoms with van der Waals surface area (Å²) in [6.45, 7) is 16.5. The highest BCUT2D eigenvalue weighted by Crippen LogP contribution is 2.42. The Morgan fingerprint density at radius 1 is 1.03 bits per heavy atom. The predicted octanol–water partition coefficient (Wildman–Crippen LogP) is 3.18. The lowest BCUT2D eigenvalue weighted by Gasteiger charge is -2.60. The molecular formula is C22H32BFN2O4. The number of hydrogen-bond donors (Lipinski definition) is 0. The first-order valence-electron chi connectivity index (χ1n) is 10.6. The fraction of sp³-hybridized carbons (Fsp3) is 0.682. The highest BCUT2D eigenvalue weighted by molar-refractivity contribution is 6.62. The summed E-state index contributed by atoms with van der Waals surface area (Å²) in [5, 5.41) is 0. The molecule has 1 aromatic carbocycles. The van der Waals surface area contributed by atoms with Gasteiger partial charge in [0.1, 0.15) is 11.4 Å². The number of carbonyl (C=O) groups is 1. The van der Waals surface area contributed by atoms with Crippen molar-refractivity contribution in [2.45, 2.75) is 65.3 Å². The van der Waals surface area contributed by atoms with E-state index in [4.69, 9.17) is 14.0 Å². The number of hydrogen-bond acceptors (Lipinski definition) is 5. The summed E-state index contributed by atoms with van der Waals surface area (Å²) in [7, 11) is -0.592. The number of likely N-dealkylation sites (tertiary alicyclic amines) is 1. The third kappa shape index (κ3) is 3.80. The number of rotatable bonds is 2. The third-order valence-corrected chi connectivity index (χ3v) is 6.55. The Balaban J connectivity index is 1.39. The SMILES string of the molecule is CC(C)(C)OC(=O)N1CC2(C1)CN(c1cc(F)cc(B3OC(C)(C)C(C)(C)O3)c1)C2. The van der Waals surface area contributed by atoms with Crippen LogP contribution in [0.5, 0.6) is 0 Å². The van der Waals surface area contributed by atoms with Gasteiger partial charge in [0.05, 0.1) is 11.2 Å². The highest BCUT2D eigenvalue weighted by atomic mass is 19.1. The lowest BCUT2D eigenvalue weighted by atomic mass is 9.72. The van der Waals surface area contributed by atoms with E-state index in [-0.39, 0.29) is 17.3 Å². The Morgan fingerprint density at radius 2 is 1.60 bits per heavy atom. The molecule has 3 saturated heterocycles. The normalized spacial score (nSPS) is 23.9. The molecule has 164 valence electrons. The molecule has 0 atom stereocenters. The van der Waals surface area contributed by atoms with E-state index >= 15 is 0 Å². The van der Waals surface area contributed by atoms with E-state index in [0.717, 1.165) is 18.8 Å². The van der Waals surface area contributed by atoms with Crippen molar-refractivity contribution in [3.63, 3.8) is 0 Å². The van der Waals surface area contributed by atoms with E-state index in [1.54, 1.807) is 11.0 Å². The minimum atomic E-state index is -0.592. The average molecular weight is 418 g/mol. The number of ether oxygens (including phenoxy) is 1. The third-order valence-electron chi connectivity index (χ3n) is 6.55. The van der Waals surface area contributed by atoms with Crippen molar-refractivity contribution in [3.8, 4) is 0 Å². The van der Waals surface area contributed by atoms with Crippen LogP contribution in [0.3, 0.4) is 0 Å². The quantitative estimate of drug-likeness (QED) is 0.691. The van der Waals surface area contributed by atoms with E-state index in [1.165, 1.54) is 6.07 Å². The molecule has 0 N–H and O–H groups in total. The minimum Gasteiger partial charge on any atom is -0.444 e. The van der Waals surface area contributed by atoms with Crippen LogP contribution in [-0.2, 0) is 14.0 Å². The van der Waals surface area contributed by atoms with Crippen LogP contribution in [0.25, 0.3) is 0 Å². The highest BCUT2D eigenvalue weighted by Gasteiger charge is 2.55. The van der Waals surface area contributed by atoms with E-state index < -0.39 is 23.9 Å². The molecule has 3 aliphatic rings. The summed E-state index contributed by atoms with van der Waals surface area (Å²) in [4.78, 5) is 16.1. The summed E-state index contributed by atoms with van der Waals surface area (Å²) in [6.07, 6.45) is -0.264. The molecule has 3 aliphatic heterocycles. The number of benzene rings is 1. The monoisotopic (exact) mass is 418 g/mol. The van der Waals surface area contributed by atoms with Gasteiger partial charge in [0.25, 0.3) is 0 Å². The van der Waals surface area contributed by atoms with Gasteiger partial charge in [-0.3, -0.25) is 0 Å². The fourth-order valence-electron chi connectivity index (χ4n) is 4.26. The van der Waals surface area contributed by atoms with E-state index in [2.05, 4.69) is 4.90 Å². The Morgan fingerprint density at radius 3 is 2.13 bits per heavy atom. The van der Waals surface area contributed by atoms with Crippen molar-refractivity contribution in [2.75, 3.05) is 31.1 Å². The van der Waals surface area contributed by atoms with Gasteiger partial charge in [-0.05, 0) is 72.1 Å². The number of halogens is 1. The zero-order valence-electron chi connectivity index (χ0n) is 19.0. The zero-order chi connectivity index (χ0) is 22.1. The van der Waals surface area contributed by atoms with Crippen LogP contribution in [0.1, 0.15) is 48.5 Å². The maximum absolute atomic E-state index is 14.4. The van der Waals surface area contributed by atoms with E-state index in [1.807, 2.05) is 54.5 Å². The van der Waals surface area contributed by atoms with Crippen LogP contribution >= 0.6 is 0 Å². The van der Waals surface area contributed by atoms with Crippen LogP contribution in [0.15, 0.2) is 18.2 Å². The second-order valence-electron chi connectivity index (χ2n) is 11.0. The summed E-state index contributed by atoms with van der Waals surface area (Å²) in [6, 6.07) is 4.98. The molecule has 1 spiro atoms. The maximum Gasteiger partial charge on any atom is 0.495 e. The topological polar surface area (TPSA) is 51.2 Å². The van der Waals surface area contributed by atoms with Crippen LogP contribution in [0.4, 0.5) is 14.9 Å². The summed E-state index contributed by atoms with van der Waals surface area (Å²) in [5.41, 5.74) is 0.156. The molecule has 30 heavy (non-hydrogen) atoms. The summed E-state index contributed by atoms with van der Waals surface area (Å²) >= 11 is 0. The minimum absolute atomic E-state index is 0.0771. The van der Waals surface area contributed by atoms with Gasteiger partial charge in [0.15, 0.2) is 0 Å². The second-order valence-corrected chi connectivity index (χ2v) is 11.0. The van der Waals surface area contributed by atoms with Gasteiger partial charge >= 0.3 is 13.2 Å². The van der Waals surface area contributed by atoms with Crippen molar-refractivity contribution in [1.29, 1.82) is 0 Å². The van der Waals surface area contributed by atoms with Gasteiger partial charge in [0.2, 0.25) is 0 Å². The molecule has 4 rings (SSSR count). The lowest BCUT2D eigenvalue weighted by Crippen LogP contribution is -2.73. The first kappa shape index (κ1) is 21.4. The molecule has 0 bridgehead atoms. The van der Waals surface area contributed by atoms with Gasteiger partial charge in [-0.15, -0.1) is 0 Å². The molecule has 1 aromatic rings. The van der Waals surface area contributed by atoms with Gasteiger partial charge in [-0.25, -0.2) is 9.18 Å². The van der Waals surface area contributed by atoms with Crippen LogP contribution in [0.2, 0.25) is 0 Å². The van der Waals surface area contributed by atoms with Crippen molar-refractivity contribution in [1.82, 2.24) is 4.90 Å². The molecule has 1 amide bonds. The first-order chi connectivity index (χ1) is 13.7. The average Bonchev–Trinajstić information content (AvgIpc) is 2.70. The molecule has 0 radical (unpaired) electrons. The fourth-order valence-corrected chi connectivity index (χ4v) is 4.26. The molecule has 0 aliphatic carbocycles. The molecule has 0 unspecified atom stereocenters. The lowest BCUT2D eigenvalue weighted by molar-refractivity contribution is -0.0453. The smallest absolute Gasteiger partial charge is 0.444 e. The van der Waals surface area contributed by atoms with Crippen molar-refractivity contribution < 1.29 is 23.2 Å². The largest absolute Gasteiger partial charge is 0.495 e. The molecular weight excluding hydrogens is 386 g/mol.